The molecule has 0 aliphatic carbocycles. The van der Waals surface area contributed by atoms with E-state index in [0.29, 0.717) is 16.5 Å². The van der Waals surface area contributed by atoms with Crippen LogP contribution in [0.2, 0.25) is 5.02 Å². The predicted molar refractivity (Wildman–Crippen MR) is 153 cm³/mol. The Morgan fingerprint density at radius 1 is 0.974 bits per heavy atom. The Balaban J connectivity index is 2.02. The predicted octanol–water partition coefficient (Wildman–Crippen LogP) is 4.88. The number of halogens is 1. The number of nitrogens with one attached hydrogen (secondary N) is 1. The van der Waals surface area contributed by atoms with Crippen molar-refractivity contribution in [3.05, 3.63) is 89.4 Å². The number of hydrogen-bond donors (Lipinski definition) is 1. The van der Waals surface area contributed by atoms with Crippen molar-refractivity contribution in [1.82, 2.24) is 10.2 Å². The molecule has 3 aromatic carbocycles. The van der Waals surface area contributed by atoms with Crippen LogP contribution in [0, 0.1) is 0 Å². The lowest BCUT2D eigenvalue weighted by Crippen LogP contribution is -2.54. The van der Waals surface area contributed by atoms with Gasteiger partial charge in [-0.25, -0.2) is 8.42 Å². The minimum atomic E-state index is -4.15. The number of para-hydroxylation sites is 1. The normalized spacial score (nSPS) is 12.4. The van der Waals surface area contributed by atoms with Crippen LogP contribution in [0.4, 0.5) is 5.69 Å². The molecule has 0 aliphatic heterocycles. The fourth-order valence-electron chi connectivity index (χ4n) is 3.88. The largest absolute Gasteiger partial charge is 0.497 e. The van der Waals surface area contributed by atoms with Gasteiger partial charge < -0.3 is 15.0 Å². The fourth-order valence-corrected chi connectivity index (χ4v) is 5.42. The molecule has 2 amide bonds. The highest BCUT2D eigenvalue weighted by Gasteiger charge is 2.33. The summed E-state index contributed by atoms with van der Waals surface area (Å²) in [5.41, 5.74) is 0.517. The molecule has 10 heteroatoms. The molecule has 0 aromatic heterocycles. The summed E-state index contributed by atoms with van der Waals surface area (Å²) in [4.78, 5) is 28.4. The third kappa shape index (κ3) is 7.97. The summed E-state index contributed by atoms with van der Waals surface area (Å²) in [6, 6.07) is 20.4. The van der Waals surface area contributed by atoms with Gasteiger partial charge in [0.05, 0.1) is 17.7 Å². The number of rotatable bonds is 10. The van der Waals surface area contributed by atoms with Crippen molar-refractivity contribution in [2.24, 2.45) is 0 Å². The molecule has 0 aliphatic rings. The van der Waals surface area contributed by atoms with Crippen molar-refractivity contribution in [2.45, 2.75) is 50.7 Å². The molecule has 8 nitrogen and oxygen atoms in total. The van der Waals surface area contributed by atoms with Gasteiger partial charge in [0.2, 0.25) is 11.8 Å². The highest BCUT2D eigenvalue weighted by atomic mass is 35.5. The van der Waals surface area contributed by atoms with Crippen LogP contribution in [0.25, 0.3) is 0 Å². The summed E-state index contributed by atoms with van der Waals surface area (Å²) >= 11 is 5.98. The maximum absolute atomic E-state index is 13.9. The first kappa shape index (κ1) is 30.0. The minimum absolute atomic E-state index is 0.0126. The van der Waals surface area contributed by atoms with Gasteiger partial charge in [-0.15, -0.1) is 0 Å². The molecule has 39 heavy (non-hydrogen) atoms. The Hall–Kier alpha value is -3.56. The zero-order chi connectivity index (χ0) is 28.8. The molecule has 0 saturated heterocycles. The average Bonchev–Trinajstić information content (AvgIpc) is 2.89. The molecule has 0 fully saturated rings. The number of anilines is 1. The van der Waals surface area contributed by atoms with Crippen molar-refractivity contribution in [2.75, 3.05) is 18.0 Å². The van der Waals surface area contributed by atoms with Gasteiger partial charge in [0.25, 0.3) is 10.0 Å². The number of carbonyl (C=O) groups excluding carboxylic acids is 2. The van der Waals surface area contributed by atoms with E-state index in [0.717, 1.165) is 9.87 Å². The molecule has 0 heterocycles. The molecular weight excluding hydrogens is 538 g/mol. The van der Waals surface area contributed by atoms with Crippen molar-refractivity contribution in [1.29, 1.82) is 0 Å². The summed E-state index contributed by atoms with van der Waals surface area (Å²) < 4.78 is 33.9. The number of sulfonamides is 1. The second-order valence-electron chi connectivity index (χ2n) is 10.1. The highest BCUT2D eigenvalue weighted by molar-refractivity contribution is 7.92. The molecule has 3 rings (SSSR count). The van der Waals surface area contributed by atoms with Gasteiger partial charge in [0.1, 0.15) is 18.3 Å². The molecule has 0 unspecified atom stereocenters. The number of amides is 2. The van der Waals surface area contributed by atoms with E-state index < -0.39 is 34.1 Å². The van der Waals surface area contributed by atoms with Crippen LogP contribution < -0.4 is 14.4 Å². The van der Waals surface area contributed by atoms with E-state index in [1.165, 1.54) is 29.2 Å². The van der Waals surface area contributed by atoms with E-state index in [4.69, 9.17) is 16.3 Å². The van der Waals surface area contributed by atoms with E-state index in [9.17, 15) is 18.0 Å². The van der Waals surface area contributed by atoms with Gasteiger partial charge in [0.15, 0.2) is 0 Å². The quantitative estimate of drug-likeness (QED) is 0.374. The number of ether oxygens (including phenoxy) is 1. The monoisotopic (exact) mass is 571 g/mol. The number of hydrogen-bond acceptors (Lipinski definition) is 5. The van der Waals surface area contributed by atoms with E-state index >= 15 is 0 Å². The van der Waals surface area contributed by atoms with Gasteiger partial charge in [0, 0.05) is 17.1 Å². The molecule has 0 bridgehead atoms. The molecule has 1 N–H and O–H groups in total. The summed E-state index contributed by atoms with van der Waals surface area (Å²) in [6.07, 6.45) is 0. The maximum Gasteiger partial charge on any atom is 0.264 e. The second kappa shape index (κ2) is 12.5. The van der Waals surface area contributed by atoms with E-state index in [1.54, 1.807) is 62.6 Å². The Kier molecular flexibility index (Phi) is 9.63. The maximum atomic E-state index is 13.9. The van der Waals surface area contributed by atoms with Crippen molar-refractivity contribution < 1.29 is 22.7 Å². The van der Waals surface area contributed by atoms with Crippen LogP contribution >= 0.6 is 11.6 Å². The fraction of sp³-hybridized carbons (Fsp3) is 0.310. The molecule has 208 valence electrons. The first-order valence-electron chi connectivity index (χ1n) is 12.4. The van der Waals surface area contributed by atoms with E-state index in [-0.39, 0.29) is 17.3 Å². The second-order valence-corrected chi connectivity index (χ2v) is 12.4. The Bertz CT molecular complexity index is 1390. The van der Waals surface area contributed by atoms with Gasteiger partial charge in [-0.05, 0) is 81.8 Å². The van der Waals surface area contributed by atoms with Crippen LogP contribution in [0.15, 0.2) is 83.8 Å². The van der Waals surface area contributed by atoms with Crippen molar-refractivity contribution in [3.8, 4) is 5.75 Å². The summed E-state index contributed by atoms with van der Waals surface area (Å²) in [6.45, 7) is 6.72. The van der Waals surface area contributed by atoms with Crippen LogP contribution in [0.5, 0.6) is 5.75 Å². The lowest BCUT2D eigenvalue weighted by atomic mass is 10.1. The van der Waals surface area contributed by atoms with Crippen LogP contribution in [-0.4, -0.2) is 50.4 Å². The zero-order valence-electron chi connectivity index (χ0n) is 22.7. The number of nitrogens with zero attached hydrogens (tertiary/aromatic N) is 2. The van der Waals surface area contributed by atoms with Crippen LogP contribution in [0.1, 0.15) is 33.3 Å². The Morgan fingerprint density at radius 2 is 1.62 bits per heavy atom. The summed E-state index contributed by atoms with van der Waals surface area (Å²) in [5, 5.41) is 3.30. The van der Waals surface area contributed by atoms with Crippen molar-refractivity contribution >= 4 is 39.1 Å². The zero-order valence-corrected chi connectivity index (χ0v) is 24.3. The Morgan fingerprint density at radius 3 is 2.21 bits per heavy atom. The molecule has 0 spiro atoms. The number of benzene rings is 3. The van der Waals surface area contributed by atoms with Crippen molar-refractivity contribution in [3.63, 3.8) is 0 Å². The molecule has 0 saturated carbocycles. The van der Waals surface area contributed by atoms with E-state index in [2.05, 4.69) is 5.32 Å². The molecule has 1 atom stereocenters. The van der Waals surface area contributed by atoms with Gasteiger partial charge in [-0.1, -0.05) is 41.9 Å². The lowest BCUT2D eigenvalue weighted by molar-refractivity contribution is -0.140. The highest BCUT2D eigenvalue weighted by Crippen LogP contribution is 2.25. The topological polar surface area (TPSA) is 96.0 Å². The first-order chi connectivity index (χ1) is 18.3. The van der Waals surface area contributed by atoms with Crippen LogP contribution in [-0.2, 0) is 26.2 Å². The average molecular weight is 572 g/mol. The summed E-state index contributed by atoms with van der Waals surface area (Å²) in [7, 11) is -2.61. The number of carbonyl (C=O) groups is 2. The van der Waals surface area contributed by atoms with Gasteiger partial charge in [-0.2, -0.15) is 0 Å². The minimum Gasteiger partial charge on any atom is -0.497 e. The third-order valence-corrected chi connectivity index (χ3v) is 7.92. The smallest absolute Gasteiger partial charge is 0.264 e. The number of methoxy groups -OCH3 is 1. The van der Waals surface area contributed by atoms with Crippen LogP contribution in [0.3, 0.4) is 0 Å². The SMILES string of the molecule is COc1cccc(CN(C(=O)CN(c2ccccc2)S(=O)(=O)c2ccc(Cl)cc2)[C@@H](C)C(=O)NC(C)(C)C)c1. The lowest BCUT2D eigenvalue weighted by Gasteiger charge is -2.33. The third-order valence-electron chi connectivity index (χ3n) is 5.88. The summed E-state index contributed by atoms with van der Waals surface area (Å²) in [5.74, 6) is -0.302. The molecular formula is C29H34ClN3O5S. The molecule has 3 aromatic rings. The first-order valence-corrected chi connectivity index (χ1v) is 14.2. The molecule has 0 radical (unpaired) electrons. The van der Waals surface area contributed by atoms with E-state index in [1.807, 2.05) is 26.8 Å². The van der Waals surface area contributed by atoms with Gasteiger partial charge >= 0.3 is 0 Å². The Labute approximate surface area is 235 Å². The standard InChI is InChI=1S/C29H34ClN3O5S/c1-21(28(35)31-29(2,3)4)32(19-22-10-9-13-25(18-22)38-5)27(34)20-33(24-11-7-6-8-12-24)39(36,37)26-16-14-23(30)15-17-26/h6-18,21H,19-20H2,1-5H3,(H,31,35)/t21-/m0/s1. The van der Waals surface area contributed by atoms with Gasteiger partial charge in [-0.3, -0.25) is 13.9 Å².